The molecule has 1 aromatic carbocycles. The summed E-state index contributed by atoms with van der Waals surface area (Å²) in [6.45, 7) is 2.14. The summed E-state index contributed by atoms with van der Waals surface area (Å²) in [4.78, 5) is 12.7. The van der Waals surface area contributed by atoms with Gasteiger partial charge in [0.15, 0.2) is 0 Å². The molecular formula is C13H15NO. The molecule has 2 rings (SSSR count). The average molecular weight is 201 g/mol. The molecule has 78 valence electrons. The molecular weight excluding hydrogens is 186 g/mol. The highest BCUT2D eigenvalue weighted by atomic mass is 16.1. The normalized spacial score (nSPS) is 18.7. The molecule has 0 spiro atoms. The molecule has 1 unspecified atom stereocenters. The van der Waals surface area contributed by atoms with Gasteiger partial charge in [-0.05, 0) is 23.6 Å². The molecule has 15 heavy (non-hydrogen) atoms. The third-order valence-corrected chi connectivity index (χ3v) is 2.82. The molecule has 2 nitrogen and oxygen atoms in total. The second kappa shape index (κ2) is 4.30. The van der Waals surface area contributed by atoms with Crippen LogP contribution in [-0.4, -0.2) is 11.3 Å². The standard InChI is InChI=1S/C13H15NO/c1-2-5-13-12-7-4-3-6-11(12)8-9-14(13)10-15/h3-4,6-10,13H,2,5H2,1H3. The van der Waals surface area contributed by atoms with Crippen LogP contribution in [0.3, 0.4) is 0 Å². The molecule has 0 aromatic heterocycles. The fourth-order valence-corrected chi connectivity index (χ4v) is 2.08. The third kappa shape index (κ3) is 1.80. The Morgan fingerprint density at radius 1 is 1.40 bits per heavy atom. The van der Waals surface area contributed by atoms with Gasteiger partial charge in [0.25, 0.3) is 0 Å². The second-order valence-electron chi connectivity index (χ2n) is 3.80. The van der Waals surface area contributed by atoms with E-state index in [1.165, 1.54) is 11.1 Å². The summed E-state index contributed by atoms with van der Waals surface area (Å²) in [7, 11) is 0. The van der Waals surface area contributed by atoms with Gasteiger partial charge in [0.05, 0.1) is 6.04 Å². The molecule has 0 N–H and O–H groups in total. The highest BCUT2D eigenvalue weighted by molar-refractivity contribution is 5.63. The number of amides is 1. The molecule has 0 fully saturated rings. The summed E-state index contributed by atoms with van der Waals surface area (Å²) in [5.41, 5.74) is 2.49. The Bertz CT molecular complexity index is 384. The van der Waals surface area contributed by atoms with Crippen molar-refractivity contribution in [2.45, 2.75) is 25.8 Å². The molecule has 1 aliphatic heterocycles. The number of hydrogen-bond donors (Lipinski definition) is 0. The highest BCUT2D eigenvalue weighted by Crippen LogP contribution is 2.32. The van der Waals surface area contributed by atoms with Crippen LogP contribution < -0.4 is 0 Å². The molecule has 1 aromatic rings. The Morgan fingerprint density at radius 3 is 2.93 bits per heavy atom. The first-order chi connectivity index (χ1) is 7.36. The van der Waals surface area contributed by atoms with Crippen LogP contribution in [0.5, 0.6) is 0 Å². The predicted octanol–water partition coefficient (Wildman–Crippen LogP) is 2.97. The van der Waals surface area contributed by atoms with Crippen LogP contribution in [0.25, 0.3) is 6.08 Å². The van der Waals surface area contributed by atoms with Crippen molar-refractivity contribution < 1.29 is 4.79 Å². The maximum Gasteiger partial charge on any atom is 0.214 e. The summed E-state index contributed by atoms with van der Waals surface area (Å²) < 4.78 is 0. The van der Waals surface area contributed by atoms with Crippen molar-refractivity contribution in [3.05, 3.63) is 41.6 Å². The SMILES string of the molecule is CCCC1c2ccccc2C=CN1C=O. The largest absolute Gasteiger partial charge is 0.314 e. The lowest BCUT2D eigenvalue weighted by Crippen LogP contribution is -2.25. The van der Waals surface area contributed by atoms with Crippen LogP contribution in [0.15, 0.2) is 30.5 Å². The quantitative estimate of drug-likeness (QED) is 0.688. The first-order valence-corrected chi connectivity index (χ1v) is 5.36. The summed E-state index contributed by atoms with van der Waals surface area (Å²) in [5.74, 6) is 0. The number of benzene rings is 1. The Kier molecular flexibility index (Phi) is 2.86. The van der Waals surface area contributed by atoms with E-state index in [0.717, 1.165) is 19.3 Å². The minimum atomic E-state index is 0.216. The van der Waals surface area contributed by atoms with Crippen molar-refractivity contribution in [1.82, 2.24) is 4.90 Å². The van der Waals surface area contributed by atoms with E-state index in [0.29, 0.717) is 0 Å². The number of rotatable bonds is 3. The minimum absolute atomic E-state index is 0.216. The third-order valence-electron chi connectivity index (χ3n) is 2.82. The molecule has 0 bridgehead atoms. The van der Waals surface area contributed by atoms with Gasteiger partial charge >= 0.3 is 0 Å². The lowest BCUT2D eigenvalue weighted by molar-refractivity contribution is -0.117. The lowest BCUT2D eigenvalue weighted by atomic mass is 9.93. The van der Waals surface area contributed by atoms with E-state index in [9.17, 15) is 4.79 Å². The maximum atomic E-state index is 10.9. The molecule has 0 saturated carbocycles. The molecule has 1 aliphatic rings. The summed E-state index contributed by atoms with van der Waals surface area (Å²) in [6, 6.07) is 8.48. The van der Waals surface area contributed by atoms with Crippen LogP contribution in [-0.2, 0) is 4.79 Å². The van der Waals surface area contributed by atoms with Crippen LogP contribution >= 0.6 is 0 Å². The number of carbonyl (C=O) groups excluding carboxylic acids is 1. The van der Waals surface area contributed by atoms with Gasteiger partial charge in [-0.2, -0.15) is 0 Å². The van der Waals surface area contributed by atoms with Crippen molar-refractivity contribution in [2.75, 3.05) is 0 Å². The topological polar surface area (TPSA) is 20.3 Å². The first-order valence-electron chi connectivity index (χ1n) is 5.36. The van der Waals surface area contributed by atoms with Crippen molar-refractivity contribution in [3.63, 3.8) is 0 Å². The fourth-order valence-electron chi connectivity index (χ4n) is 2.08. The summed E-state index contributed by atoms with van der Waals surface area (Å²) in [6.07, 6.45) is 6.87. The van der Waals surface area contributed by atoms with E-state index in [1.807, 2.05) is 24.4 Å². The van der Waals surface area contributed by atoms with E-state index < -0.39 is 0 Å². The average Bonchev–Trinajstić information content (AvgIpc) is 2.30. The van der Waals surface area contributed by atoms with Crippen molar-refractivity contribution in [3.8, 4) is 0 Å². The Hall–Kier alpha value is -1.57. The number of fused-ring (bicyclic) bond motifs is 1. The van der Waals surface area contributed by atoms with Gasteiger partial charge in [-0.15, -0.1) is 0 Å². The van der Waals surface area contributed by atoms with Crippen LogP contribution in [0, 0.1) is 0 Å². The second-order valence-corrected chi connectivity index (χ2v) is 3.80. The number of nitrogens with zero attached hydrogens (tertiary/aromatic N) is 1. The number of hydrogen-bond acceptors (Lipinski definition) is 1. The molecule has 0 saturated heterocycles. The summed E-state index contributed by atoms with van der Waals surface area (Å²) >= 11 is 0. The van der Waals surface area contributed by atoms with Gasteiger partial charge in [-0.1, -0.05) is 37.6 Å². The van der Waals surface area contributed by atoms with Gasteiger partial charge < -0.3 is 4.90 Å². The van der Waals surface area contributed by atoms with E-state index in [4.69, 9.17) is 0 Å². The summed E-state index contributed by atoms with van der Waals surface area (Å²) in [5, 5.41) is 0. The van der Waals surface area contributed by atoms with Gasteiger partial charge in [-0.25, -0.2) is 0 Å². The zero-order valence-corrected chi connectivity index (χ0v) is 8.89. The van der Waals surface area contributed by atoms with E-state index in [1.54, 1.807) is 4.90 Å². The zero-order valence-electron chi connectivity index (χ0n) is 8.89. The first kappa shape index (κ1) is 9.97. The van der Waals surface area contributed by atoms with Crippen molar-refractivity contribution >= 4 is 12.5 Å². The van der Waals surface area contributed by atoms with E-state index in [-0.39, 0.29) is 6.04 Å². The van der Waals surface area contributed by atoms with Gasteiger partial charge in [-0.3, -0.25) is 4.79 Å². The monoisotopic (exact) mass is 201 g/mol. The highest BCUT2D eigenvalue weighted by Gasteiger charge is 2.21. The number of carbonyl (C=O) groups is 1. The molecule has 1 heterocycles. The molecule has 1 atom stereocenters. The fraction of sp³-hybridized carbons (Fsp3) is 0.308. The van der Waals surface area contributed by atoms with E-state index in [2.05, 4.69) is 19.1 Å². The van der Waals surface area contributed by atoms with Gasteiger partial charge in [0.2, 0.25) is 6.41 Å². The van der Waals surface area contributed by atoms with Gasteiger partial charge in [0, 0.05) is 6.20 Å². The molecule has 0 radical (unpaired) electrons. The Labute approximate surface area is 90.2 Å². The van der Waals surface area contributed by atoms with Crippen molar-refractivity contribution in [2.24, 2.45) is 0 Å². The predicted molar refractivity (Wildman–Crippen MR) is 61.0 cm³/mol. The molecule has 1 amide bonds. The Morgan fingerprint density at radius 2 is 2.20 bits per heavy atom. The molecule has 0 aliphatic carbocycles. The molecule has 2 heteroatoms. The minimum Gasteiger partial charge on any atom is -0.314 e. The van der Waals surface area contributed by atoms with Crippen LogP contribution in [0.1, 0.15) is 36.9 Å². The Balaban J connectivity index is 2.39. The van der Waals surface area contributed by atoms with Crippen molar-refractivity contribution in [1.29, 1.82) is 0 Å². The zero-order chi connectivity index (χ0) is 10.7. The van der Waals surface area contributed by atoms with Gasteiger partial charge in [0.1, 0.15) is 0 Å². The maximum absolute atomic E-state index is 10.9. The van der Waals surface area contributed by atoms with Crippen LogP contribution in [0.4, 0.5) is 0 Å². The van der Waals surface area contributed by atoms with E-state index >= 15 is 0 Å². The van der Waals surface area contributed by atoms with Crippen LogP contribution in [0.2, 0.25) is 0 Å². The lowest BCUT2D eigenvalue weighted by Gasteiger charge is -2.30. The smallest absolute Gasteiger partial charge is 0.214 e.